The van der Waals surface area contributed by atoms with E-state index in [1.54, 1.807) is 24.3 Å². The third kappa shape index (κ3) is 5.08. The second-order valence-corrected chi connectivity index (χ2v) is 11.0. The molecule has 0 amide bonds. The van der Waals surface area contributed by atoms with Crippen LogP contribution < -0.4 is 0 Å². The zero-order valence-electron chi connectivity index (χ0n) is 26.6. The highest BCUT2D eigenvalue weighted by molar-refractivity contribution is 6.12. The Hall–Kier alpha value is -7.58. The fourth-order valence-electron chi connectivity index (χ4n) is 5.95. The normalized spacial score (nSPS) is 12.2. The lowest BCUT2D eigenvalue weighted by molar-refractivity contribution is -0.288. The molecule has 0 radical (unpaired) electrons. The molecule has 0 unspecified atom stereocenters. The summed E-state index contributed by atoms with van der Waals surface area (Å²) in [7, 11) is 1.43. The number of nitriles is 4. The summed E-state index contributed by atoms with van der Waals surface area (Å²) >= 11 is 0. The zero-order chi connectivity index (χ0) is 38.6. The van der Waals surface area contributed by atoms with Crippen molar-refractivity contribution < 1.29 is 35.9 Å². The highest BCUT2D eigenvalue weighted by Crippen LogP contribution is 2.57. The Labute approximate surface area is 291 Å². The summed E-state index contributed by atoms with van der Waals surface area (Å²) in [6.45, 7) is 1.44. The number of imidazole rings is 2. The standard InChI is InChI=1S/C31H10F6N12O.C2H4O/c1-48-24(46-22-26(48)44-20(11-40)18(9-38)42-22)13-2-4-14(5-3-13)29(30(32,33)34,31(35,36)37)15-6-7-16-17(8-15)25-47-23-27(49(25)28(16)50)45-21(12-41)19(10-39)43-23;1-2-3/h2-8H,1H3;2H,1H3. The molecule has 2 aromatic carbocycles. The summed E-state index contributed by atoms with van der Waals surface area (Å²) in [5.74, 6) is -1.25. The number of nitrogens with zero attached hydrogens (tertiary/aromatic N) is 12. The van der Waals surface area contributed by atoms with Crippen molar-refractivity contribution in [3.8, 4) is 47.1 Å². The van der Waals surface area contributed by atoms with Crippen LogP contribution in [0.15, 0.2) is 42.5 Å². The van der Waals surface area contributed by atoms with Gasteiger partial charge in [0.2, 0.25) is 5.41 Å². The minimum absolute atomic E-state index is 0.0198. The van der Waals surface area contributed by atoms with Gasteiger partial charge >= 0.3 is 12.4 Å². The summed E-state index contributed by atoms with van der Waals surface area (Å²) in [4.78, 5) is 46.2. The average Bonchev–Trinajstić information content (AvgIpc) is 3.74. The minimum atomic E-state index is -5.98. The highest BCUT2D eigenvalue weighted by atomic mass is 19.4. The molecule has 260 valence electrons. The van der Waals surface area contributed by atoms with Crippen molar-refractivity contribution in [2.45, 2.75) is 24.7 Å². The lowest BCUT2D eigenvalue weighted by Crippen LogP contribution is -2.54. The van der Waals surface area contributed by atoms with Gasteiger partial charge in [-0.25, -0.2) is 34.5 Å². The average molecular weight is 725 g/mol. The lowest BCUT2D eigenvalue weighted by Gasteiger charge is -2.38. The molecule has 0 aliphatic carbocycles. The van der Waals surface area contributed by atoms with Crippen molar-refractivity contribution in [1.29, 1.82) is 21.0 Å². The Morgan fingerprint density at radius 3 is 1.60 bits per heavy atom. The number of halogens is 6. The summed E-state index contributed by atoms with van der Waals surface area (Å²) in [5.41, 5.74) is -9.93. The van der Waals surface area contributed by atoms with E-state index in [9.17, 15) is 25.8 Å². The third-order valence-corrected chi connectivity index (χ3v) is 8.18. The number of benzene rings is 2. The van der Waals surface area contributed by atoms with Crippen LogP contribution in [-0.4, -0.2) is 63.6 Å². The van der Waals surface area contributed by atoms with Crippen LogP contribution in [-0.2, 0) is 17.3 Å². The van der Waals surface area contributed by atoms with Crippen molar-refractivity contribution in [2.24, 2.45) is 7.05 Å². The van der Waals surface area contributed by atoms with E-state index < -0.39 is 46.2 Å². The fourth-order valence-corrected chi connectivity index (χ4v) is 5.95. The second kappa shape index (κ2) is 12.3. The molecule has 0 spiro atoms. The van der Waals surface area contributed by atoms with Gasteiger partial charge in [0.25, 0.3) is 5.91 Å². The maximum absolute atomic E-state index is 15.1. The zero-order valence-corrected chi connectivity index (χ0v) is 26.6. The van der Waals surface area contributed by atoms with Crippen molar-refractivity contribution in [1.82, 2.24) is 39.0 Å². The van der Waals surface area contributed by atoms with Crippen LogP contribution in [0.3, 0.4) is 0 Å². The Morgan fingerprint density at radius 2 is 1.09 bits per heavy atom. The van der Waals surface area contributed by atoms with Crippen LogP contribution in [0.4, 0.5) is 26.3 Å². The number of fused-ring (bicyclic) bond motifs is 6. The smallest absolute Gasteiger partial charge is 0.310 e. The van der Waals surface area contributed by atoms with Gasteiger partial charge in [-0.15, -0.1) is 0 Å². The van der Waals surface area contributed by atoms with Crippen LogP contribution in [0.25, 0.3) is 45.4 Å². The maximum atomic E-state index is 15.1. The van der Waals surface area contributed by atoms with E-state index in [-0.39, 0.29) is 62.3 Å². The molecular formula is C33H14F6N12O2. The Bertz CT molecular complexity index is 2710. The molecule has 0 atom stereocenters. The number of hydrogen-bond acceptors (Lipinski definition) is 12. The van der Waals surface area contributed by atoms with Crippen LogP contribution >= 0.6 is 0 Å². The summed E-state index contributed by atoms with van der Waals surface area (Å²) in [6, 6.07) is 11.9. The largest absolute Gasteiger partial charge is 0.411 e. The molecular weight excluding hydrogens is 710 g/mol. The molecule has 7 rings (SSSR count). The van der Waals surface area contributed by atoms with E-state index >= 15 is 26.3 Å². The van der Waals surface area contributed by atoms with Crippen LogP contribution in [0, 0.1) is 45.3 Å². The van der Waals surface area contributed by atoms with Gasteiger partial charge in [0.05, 0.1) is 5.56 Å². The van der Waals surface area contributed by atoms with Gasteiger partial charge in [-0.2, -0.15) is 47.4 Å². The molecule has 0 saturated carbocycles. The molecule has 5 heterocycles. The van der Waals surface area contributed by atoms with Gasteiger partial charge in [-0.05, 0) is 30.2 Å². The van der Waals surface area contributed by atoms with E-state index in [1.807, 2.05) is 0 Å². The SMILES string of the molecule is CC=O.Cn1c(-c2ccc(C(c3ccc4c(c3)-c3nc5nc(C#N)c(C#N)nc5n3C4=O)(C(F)(F)F)C(F)(F)F)cc2)nc2nc(C#N)c(C#N)nc21. The Morgan fingerprint density at radius 1 is 0.642 bits per heavy atom. The molecule has 0 saturated heterocycles. The first-order valence-electron chi connectivity index (χ1n) is 14.6. The van der Waals surface area contributed by atoms with Gasteiger partial charge in [0.1, 0.15) is 36.4 Å². The number of alkyl halides is 6. The summed E-state index contributed by atoms with van der Waals surface area (Å²) in [5, 5.41) is 37.1. The molecule has 6 aromatic rings. The topological polar surface area (TPSA) is 216 Å². The molecule has 14 nitrogen and oxygen atoms in total. The van der Waals surface area contributed by atoms with Gasteiger partial charge in [-0.1, -0.05) is 30.3 Å². The minimum Gasteiger partial charge on any atom is -0.310 e. The molecule has 1 aliphatic rings. The monoisotopic (exact) mass is 724 g/mol. The molecule has 0 bridgehead atoms. The number of rotatable bonds is 3. The fraction of sp³-hybridized carbons (Fsp3) is 0.152. The van der Waals surface area contributed by atoms with Gasteiger partial charge in [0, 0.05) is 18.2 Å². The number of aldehydes is 1. The molecule has 0 fully saturated rings. The molecule has 1 aliphatic heterocycles. The second-order valence-electron chi connectivity index (χ2n) is 11.0. The Kier molecular flexibility index (Phi) is 8.20. The van der Waals surface area contributed by atoms with Crippen LogP contribution in [0.5, 0.6) is 0 Å². The predicted octanol–water partition coefficient (Wildman–Crippen LogP) is 4.94. The summed E-state index contributed by atoms with van der Waals surface area (Å²) < 4.78 is 92.7. The number of aryl methyl sites for hydroxylation is 1. The van der Waals surface area contributed by atoms with E-state index in [2.05, 4.69) is 29.9 Å². The van der Waals surface area contributed by atoms with Crippen molar-refractivity contribution in [3.05, 3.63) is 81.9 Å². The van der Waals surface area contributed by atoms with E-state index in [0.29, 0.717) is 24.3 Å². The van der Waals surface area contributed by atoms with Crippen molar-refractivity contribution >= 4 is 34.8 Å². The number of hydrogen-bond donors (Lipinski definition) is 0. The van der Waals surface area contributed by atoms with E-state index in [1.165, 1.54) is 18.5 Å². The maximum Gasteiger partial charge on any atom is 0.411 e. The van der Waals surface area contributed by atoms with E-state index in [4.69, 9.17) is 4.79 Å². The third-order valence-electron chi connectivity index (χ3n) is 8.18. The van der Waals surface area contributed by atoms with Gasteiger partial charge in [0.15, 0.2) is 51.2 Å². The first-order chi connectivity index (χ1) is 25.1. The molecule has 0 N–H and O–H groups in total. The quantitative estimate of drug-likeness (QED) is 0.175. The van der Waals surface area contributed by atoms with Crippen LogP contribution in [0.1, 0.15) is 51.2 Å². The number of aromatic nitrogens is 8. The van der Waals surface area contributed by atoms with Crippen LogP contribution in [0.2, 0.25) is 0 Å². The first kappa shape index (κ1) is 35.3. The molecule has 53 heavy (non-hydrogen) atoms. The van der Waals surface area contributed by atoms with Gasteiger partial charge < -0.3 is 9.36 Å². The number of carbonyl (C=O) groups is 2. The lowest BCUT2D eigenvalue weighted by atomic mass is 9.72. The Balaban J connectivity index is 0.00000155. The molecule has 4 aromatic heterocycles. The molecule has 20 heteroatoms. The number of carbonyl (C=O) groups excluding carboxylic acids is 2. The van der Waals surface area contributed by atoms with Gasteiger partial charge in [-0.3, -0.25) is 4.79 Å². The predicted molar refractivity (Wildman–Crippen MR) is 166 cm³/mol. The van der Waals surface area contributed by atoms with Crippen molar-refractivity contribution in [2.75, 3.05) is 0 Å². The first-order valence-corrected chi connectivity index (χ1v) is 14.6. The highest BCUT2D eigenvalue weighted by Gasteiger charge is 2.72. The summed E-state index contributed by atoms with van der Waals surface area (Å²) in [6.07, 6.45) is -11.2. The van der Waals surface area contributed by atoms with Crippen molar-refractivity contribution in [3.63, 3.8) is 0 Å². The van der Waals surface area contributed by atoms with E-state index in [0.717, 1.165) is 29.1 Å².